The van der Waals surface area contributed by atoms with Crippen molar-refractivity contribution in [3.63, 3.8) is 0 Å². The van der Waals surface area contributed by atoms with Gasteiger partial charge in [0.1, 0.15) is 29.1 Å². The smallest absolute Gasteiger partial charge is 0.326 e. The third kappa shape index (κ3) is 4.63. The molecule has 0 aliphatic heterocycles. The molecule has 2 N–H and O–H groups in total. The van der Waals surface area contributed by atoms with Gasteiger partial charge in [0.05, 0.1) is 10.0 Å². The van der Waals surface area contributed by atoms with E-state index >= 15 is 0 Å². The van der Waals surface area contributed by atoms with Crippen LogP contribution >= 0.6 is 23.2 Å². The Balaban J connectivity index is 1.67. The summed E-state index contributed by atoms with van der Waals surface area (Å²) in [6.07, 6.45) is 2.06. The van der Waals surface area contributed by atoms with Gasteiger partial charge < -0.3 is 10.4 Å². The molecule has 4 rings (SSSR count). The van der Waals surface area contributed by atoms with E-state index < -0.39 is 40.9 Å². The van der Waals surface area contributed by atoms with Crippen LogP contribution in [-0.4, -0.2) is 23.0 Å². The van der Waals surface area contributed by atoms with Gasteiger partial charge in [-0.15, -0.1) is 0 Å². The maximum absolute atomic E-state index is 14.0. The Bertz CT molecular complexity index is 1270. The molecule has 3 aromatic rings. The number of carbonyl (C=O) groups excluding carboxylic acids is 1. The Hall–Kier alpha value is -3.03. The number of carbonyl (C=O) groups is 2. The maximum Gasteiger partial charge on any atom is 0.326 e. The Labute approximate surface area is 203 Å². The molecule has 0 radical (unpaired) electrons. The zero-order chi connectivity index (χ0) is 24.6. The number of hydrogen-bond donors (Lipinski definition) is 2. The average molecular weight is 508 g/mol. The summed E-state index contributed by atoms with van der Waals surface area (Å²) in [4.78, 5) is 24.3. The van der Waals surface area contributed by atoms with Crippen LogP contribution in [-0.2, 0) is 24.1 Å². The van der Waals surface area contributed by atoms with E-state index in [1.54, 1.807) is 12.1 Å². The molecular weight excluding hydrogens is 490 g/mol. The Morgan fingerprint density at radius 1 is 0.971 bits per heavy atom. The van der Waals surface area contributed by atoms with Gasteiger partial charge in [0.2, 0.25) is 0 Å². The Morgan fingerprint density at radius 3 is 2.21 bits per heavy atom. The standard InChI is InChI=1S/C25H18Cl2F3NO3/c26-17-10-13(28)11-18(27)22(17)16-8-7-12(14-3-1-4-15(14)16)9-21(25(33)34)31-24(32)23-19(29)5-2-6-20(23)30/h2,5-8,10-11,21H,1,3-4,9H2,(H,31,32)(H,33,34). The van der Waals surface area contributed by atoms with Gasteiger partial charge in [-0.05, 0) is 65.8 Å². The van der Waals surface area contributed by atoms with Gasteiger partial charge in [-0.1, -0.05) is 41.4 Å². The Morgan fingerprint density at radius 2 is 1.59 bits per heavy atom. The second-order valence-corrected chi connectivity index (χ2v) is 8.81. The molecule has 9 heteroatoms. The van der Waals surface area contributed by atoms with Crippen molar-refractivity contribution in [1.29, 1.82) is 0 Å². The highest BCUT2D eigenvalue weighted by molar-refractivity contribution is 6.39. The minimum atomic E-state index is -1.42. The third-order valence-electron chi connectivity index (χ3n) is 5.88. The summed E-state index contributed by atoms with van der Waals surface area (Å²) in [5.74, 6) is -5.22. The number of carboxylic acids is 1. The van der Waals surface area contributed by atoms with Crippen LogP contribution < -0.4 is 5.32 Å². The first-order chi connectivity index (χ1) is 16.2. The molecule has 0 heterocycles. The van der Waals surface area contributed by atoms with E-state index in [0.717, 1.165) is 41.3 Å². The number of halogens is 5. The van der Waals surface area contributed by atoms with Gasteiger partial charge in [-0.2, -0.15) is 0 Å². The van der Waals surface area contributed by atoms with Crippen LogP contribution in [0.4, 0.5) is 13.2 Å². The largest absolute Gasteiger partial charge is 0.480 e. The minimum absolute atomic E-state index is 0.0926. The first-order valence-corrected chi connectivity index (χ1v) is 11.2. The number of amides is 1. The lowest BCUT2D eigenvalue weighted by molar-refractivity contribution is -0.139. The molecule has 0 saturated carbocycles. The number of nitrogens with one attached hydrogen (secondary N) is 1. The first kappa shape index (κ1) is 24.1. The van der Waals surface area contributed by atoms with Crippen molar-refractivity contribution in [3.8, 4) is 11.1 Å². The van der Waals surface area contributed by atoms with Crippen molar-refractivity contribution in [3.05, 3.63) is 92.2 Å². The molecule has 1 aliphatic carbocycles. The predicted molar refractivity (Wildman–Crippen MR) is 123 cm³/mol. The van der Waals surface area contributed by atoms with E-state index in [4.69, 9.17) is 23.2 Å². The van der Waals surface area contributed by atoms with Gasteiger partial charge >= 0.3 is 5.97 Å². The van der Waals surface area contributed by atoms with Gasteiger partial charge in [0.15, 0.2) is 0 Å². The van der Waals surface area contributed by atoms with Crippen LogP contribution in [0, 0.1) is 17.5 Å². The molecular formula is C25H18Cl2F3NO3. The molecule has 34 heavy (non-hydrogen) atoms. The summed E-state index contributed by atoms with van der Waals surface area (Å²) in [5, 5.41) is 12.2. The van der Waals surface area contributed by atoms with Crippen LogP contribution in [0.25, 0.3) is 11.1 Å². The van der Waals surface area contributed by atoms with Gasteiger partial charge in [-0.3, -0.25) is 4.79 Å². The molecule has 0 aromatic heterocycles. The number of aliphatic carboxylic acids is 1. The molecule has 1 atom stereocenters. The van der Waals surface area contributed by atoms with Crippen molar-refractivity contribution < 1.29 is 27.9 Å². The second kappa shape index (κ2) is 9.68. The van der Waals surface area contributed by atoms with Crippen LogP contribution in [0.5, 0.6) is 0 Å². The van der Waals surface area contributed by atoms with Gasteiger partial charge in [0.25, 0.3) is 5.91 Å². The van der Waals surface area contributed by atoms with Crippen molar-refractivity contribution in [2.75, 3.05) is 0 Å². The average Bonchev–Trinajstić information content (AvgIpc) is 3.24. The summed E-state index contributed by atoms with van der Waals surface area (Å²) in [7, 11) is 0. The summed E-state index contributed by atoms with van der Waals surface area (Å²) in [6, 6.07) is 7.34. The lowest BCUT2D eigenvalue weighted by Crippen LogP contribution is -2.43. The summed E-state index contributed by atoms with van der Waals surface area (Å²) < 4.78 is 41.6. The van der Waals surface area contributed by atoms with Crippen LogP contribution in [0.3, 0.4) is 0 Å². The van der Waals surface area contributed by atoms with Gasteiger partial charge in [-0.25, -0.2) is 18.0 Å². The number of carboxylic acid groups (broad SMARTS) is 1. The predicted octanol–water partition coefficient (Wildman–Crippen LogP) is 5.99. The molecule has 0 spiro atoms. The zero-order valence-electron chi connectivity index (χ0n) is 17.6. The highest BCUT2D eigenvalue weighted by atomic mass is 35.5. The normalized spacial score (nSPS) is 13.4. The van der Waals surface area contributed by atoms with Crippen molar-refractivity contribution in [2.24, 2.45) is 0 Å². The molecule has 4 nitrogen and oxygen atoms in total. The molecule has 0 fully saturated rings. The molecule has 1 aliphatic rings. The topological polar surface area (TPSA) is 66.4 Å². The van der Waals surface area contributed by atoms with E-state index in [2.05, 4.69) is 5.32 Å². The Kier molecular flexibility index (Phi) is 6.86. The van der Waals surface area contributed by atoms with Crippen LogP contribution in [0.1, 0.15) is 33.5 Å². The van der Waals surface area contributed by atoms with E-state index in [1.165, 1.54) is 12.1 Å². The highest BCUT2D eigenvalue weighted by Crippen LogP contribution is 2.41. The van der Waals surface area contributed by atoms with E-state index in [9.17, 15) is 27.9 Å². The fraction of sp³-hybridized carbons (Fsp3) is 0.200. The van der Waals surface area contributed by atoms with E-state index in [-0.39, 0.29) is 16.5 Å². The molecule has 1 unspecified atom stereocenters. The minimum Gasteiger partial charge on any atom is -0.480 e. The number of rotatable bonds is 6. The number of hydrogen-bond acceptors (Lipinski definition) is 2. The zero-order valence-corrected chi connectivity index (χ0v) is 19.1. The summed E-state index contributed by atoms with van der Waals surface area (Å²) in [5.41, 5.74) is 2.88. The van der Waals surface area contributed by atoms with Crippen molar-refractivity contribution in [1.82, 2.24) is 5.32 Å². The van der Waals surface area contributed by atoms with Crippen LogP contribution in [0.2, 0.25) is 10.0 Å². The van der Waals surface area contributed by atoms with Crippen molar-refractivity contribution >= 4 is 35.1 Å². The highest BCUT2D eigenvalue weighted by Gasteiger charge is 2.28. The fourth-order valence-electron chi connectivity index (χ4n) is 4.37. The molecule has 0 saturated heterocycles. The molecule has 176 valence electrons. The lowest BCUT2D eigenvalue weighted by Gasteiger charge is -2.19. The molecule has 1 amide bonds. The van der Waals surface area contributed by atoms with Gasteiger partial charge in [0, 0.05) is 12.0 Å². The summed E-state index contributed by atoms with van der Waals surface area (Å²) in [6.45, 7) is 0. The number of fused-ring (bicyclic) bond motifs is 1. The SMILES string of the molecule is O=C(NC(Cc1ccc(-c2c(Cl)cc(F)cc2Cl)c2c1CCC2)C(=O)O)c1c(F)cccc1F. The molecule has 0 bridgehead atoms. The number of benzene rings is 3. The second-order valence-electron chi connectivity index (χ2n) is 7.99. The maximum atomic E-state index is 14.0. The monoisotopic (exact) mass is 507 g/mol. The first-order valence-electron chi connectivity index (χ1n) is 10.4. The lowest BCUT2D eigenvalue weighted by atomic mass is 9.91. The van der Waals surface area contributed by atoms with E-state index in [1.807, 2.05) is 0 Å². The fourth-order valence-corrected chi connectivity index (χ4v) is 5.03. The van der Waals surface area contributed by atoms with Crippen molar-refractivity contribution in [2.45, 2.75) is 31.7 Å². The third-order valence-corrected chi connectivity index (χ3v) is 6.47. The van der Waals surface area contributed by atoms with E-state index in [0.29, 0.717) is 24.0 Å². The van der Waals surface area contributed by atoms with Crippen LogP contribution in [0.15, 0.2) is 42.5 Å². The quantitative estimate of drug-likeness (QED) is 0.430. The summed E-state index contributed by atoms with van der Waals surface area (Å²) >= 11 is 12.5. The molecule has 3 aromatic carbocycles.